The molecular formula is C20H23N3O3S. The molecule has 2 aromatic rings. The number of hydrogen-bond acceptors (Lipinski definition) is 4. The van der Waals surface area contributed by atoms with Crippen LogP contribution in [0.15, 0.2) is 48.5 Å². The molecule has 0 heterocycles. The monoisotopic (exact) mass is 385 g/mol. The number of carbonyl (C=O) groups is 2. The maximum Gasteiger partial charge on any atom is 0.257 e. The fourth-order valence-electron chi connectivity index (χ4n) is 2.21. The van der Waals surface area contributed by atoms with E-state index in [0.717, 1.165) is 0 Å². The average molecular weight is 385 g/mol. The Bertz CT molecular complexity index is 819. The highest BCUT2D eigenvalue weighted by atomic mass is 32.1. The third-order valence-corrected chi connectivity index (χ3v) is 3.65. The minimum Gasteiger partial charge on any atom is -0.491 e. The summed E-state index contributed by atoms with van der Waals surface area (Å²) < 4.78 is 5.59. The molecule has 0 aliphatic rings. The summed E-state index contributed by atoms with van der Waals surface area (Å²) in [5.74, 6) is 0.247. The van der Waals surface area contributed by atoms with Crippen molar-refractivity contribution >= 4 is 40.5 Å². The molecule has 0 fully saturated rings. The predicted molar refractivity (Wildman–Crippen MR) is 111 cm³/mol. The highest BCUT2D eigenvalue weighted by Gasteiger charge is 2.10. The van der Waals surface area contributed by atoms with Gasteiger partial charge in [0.05, 0.1) is 6.10 Å². The van der Waals surface area contributed by atoms with Crippen LogP contribution in [0, 0.1) is 0 Å². The number of amides is 2. The van der Waals surface area contributed by atoms with Gasteiger partial charge in [-0.3, -0.25) is 14.9 Å². The van der Waals surface area contributed by atoms with Crippen LogP contribution < -0.4 is 20.7 Å². The average Bonchev–Trinajstić information content (AvgIpc) is 2.62. The maximum atomic E-state index is 12.4. The number of hydrogen-bond donors (Lipinski definition) is 3. The number of benzene rings is 2. The summed E-state index contributed by atoms with van der Waals surface area (Å²) in [7, 11) is 0. The fraction of sp³-hybridized carbons (Fsp3) is 0.250. The second-order valence-corrected chi connectivity index (χ2v) is 6.49. The first-order valence-corrected chi connectivity index (χ1v) is 9.07. The van der Waals surface area contributed by atoms with Gasteiger partial charge in [0.1, 0.15) is 5.75 Å². The van der Waals surface area contributed by atoms with E-state index >= 15 is 0 Å². The van der Waals surface area contributed by atoms with Gasteiger partial charge >= 0.3 is 0 Å². The zero-order chi connectivity index (χ0) is 19.8. The van der Waals surface area contributed by atoms with Gasteiger partial charge in [-0.1, -0.05) is 13.0 Å². The normalized spacial score (nSPS) is 10.2. The number of nitrogens with one attached hydrogen (secondary N) is 3. The van der Waals surface area contributed by atoms with Crippen LogP contribution in [-0.4, -0.2) is 23.0 Å². The van der Waals surface area contributed by atoms with Gasteiger partial charge < -0.3 is 15.4 Å². The Hall–Kier alpha value is -2.93. The Kier molecular flexibility index (Phi) is 7.31. The Balaban J connectivity index is 1.93. The van der Waals surface area contributed by atoms with Crippen molar-refractivity contribution in [2.24, 2.45) is 0 Å². The maximum absolute atomic E-state index is 12.4. The van der Waals surface area contributed by atoms with Gasteiger partial charge in [-0.15, -0.1) is 0 Å². The molecule has 6 nitrogen and oxygen atoms in total. The van der Waals surface area contributed by atoms with Gasteiger partial charge in [-0.2, -0.15) is 0 Å². The molecule has 0 saturated heterocycles. The lowest BCUT2D eigenvalue weighted by atomic mass is 10.2. The molecule has 0 aliphatic heterocycles. The quantitative estimate of drug-likeness (QED) is 0.656. The van der Waals surface area contributed by atoms with Crippen molar-refractivity contribution in [2.45, 2.75) is 33.3 Å². The third kappa shape index (κ3) is 6.71. The van der Waals surface area contributed by atoms with Crippen molar-refractivity contribution in [1.29, 1.82) is 0 Å². The Labute approximate surface area is 164 Å². The molecule has 2 rings (SSSR count). The molecule has 0 aliphatic carbocycles. The summed E-state index contributed by atoms with van der Waals surface area (Å²) in [6.45, 7) is 5.63. The van der Waals surface area contributed by atoms with Crippen LogP contribution in [0.2, 0.25) is 0 Å². The van der Waals surface area contributed by atoms with E-state index in [1.54, 1.807) is 55.5 Å². The Morgan fingerprint density at radius 3 is 2.26 bits per heavy atom. The Morgan fingerprint density at radius 2 is 1.67 bits per heavy atom. The number of rotatable bonds is 6. The largest absolute Gasteiger partial charge is 0.491 e. The van der Waals surface area contributed by atoms with Gasteiger partial charge in [-0.05, 0) is 68.5 Å². The highest BCUT2D eigenvalue weighted by Crippen LogP contribution is 2.16. The molecule has 0 atom stereocenters. The van der Waals surface area contributed by atoms with Crippen LogP contribution in [0.3, 0.4) is 0 Å². The van der Waals surface area contributed by atoms with E-state index in [0.29, 0.717) is 29.1 Å². The second kappa shape index (κ2) is 9.68. The predicted octanol–water partition coefficient (Wildman–Crippen LogP) is 3.95. The Morgan fingerprint density at radius 1 is 1.04 bits per heavy atom. The summed E-state index contributed by atoms with van der Waals surface area (Å²) in [6, 6.07) is 14.0. The number of anilines is 2. The van der Waals surface area contributed by atoms with E-state index in [9.17, 15) is 9.59 Å². The molecule has 27 heavy (non-hydrogen) atoms. The first kappa shape index (κ1) is 20.4. The van der Waals surface area contributed by atoms with E-state index in [4.69, 9.17) is 17.0 Å². The van der Waals surface area contributed by atoms with Gasteiger partial charge in [0, 0.05) is 23.4 Å². The standard InChI is InChI=1S/C20H23N3O3S/c1-4-18(24)21-15-8-10-16(11-9-15)22-20(27)23-19(25)14-6-5-7-17(12-14)26-13(2)3/h5-13H,4H2,1-3H3,(H,21,24)(H2,22,23,25,27). The van der Waals surface area contributed by atoms with Crippen molar-refractivity contribution in [3.63, 3.8) is 0 Å². The van der Waals surface area contributed by atoms with Crippen LogP contribution in [0.25, 0.3) is 0 Å². The van der Waals surface area contributed by atoms with Crippen molar-refractivity contribution < 1.29 is 14.3 Å². The summed E-state index contributed by atoms with van der Waals surface area (Å²) in [4.78, 5) is 23.7. The lowest BCUT2D eigenvalue weighted by Gasteiger charge is -2.12. The molecule has 2 aromatic carbocycles. The minimum absolute atomic E-state index is 0.0242. The highest BCUT2D eigenvalue weighted by molar-refractivity contribution is 7.80. The first-order chi connectivity index (χ1) is 12.9. The summed E-state index contributed by atoms with van der Waals surface area (Å²) in [5, 5.41) is 8.52. The van der Waals surface area contributed by atoms with E-state index < -0.39 is 0 Å². The second-order valence-electron chi connectivity index (χ2n) is 6.08. The molecular weight excluding hydrogens is 362 g/mol. The van der Waals surface area contributed by atoms with Gasteiger partial charge in [0.15, 0.2) is 5.11 Å². The van der Waals surface area contributed by atoms with Crippen LogP contribution in [-0.2, 0) is 4.79 Å². The van der Waals surface area contributed by atoms with E-state index in [2.05, 4.69) is 16.0 Å². The third-order valence-electron chi connectivity index (χ3n) is 3.44. The van der Waals surface area contributed by atoms with Gasteiger partial charge in [0.2, 0.25) is 5.91 Å². The zero-order valence-electron chi connectivity index (χ0n) is 15.5. The summed E-state index contributed by atoms with van der Waals surface area (Å²) in [6.07, 6.45) is 0.440. The number of thiocarbonyl (C=S) groups is 1. The smallest absolute Gasteiger partial charge is 0.257 e. The molecule has 7 heteroatoms. The van der Waals surface area contributed by atoms with Crippen LogP contribution in [0.1, 0.15) is 37.6 Å². The number of ether oxygens (including phenoxy) is 1. The lowest BCUT2D eigenvalue weighted by Crippen LogP contribution is -2.34. The van der Waals surface area contributed by atoms with Crippen molar-refractivity contribution in [3.05, 3.63) is 54.1 Å². The molecule has 0 saturated carbocycles. The van der Waals surface area contributed by atoms with Crippen molar-refractivity contribution in [3.8, 4) is 5.75 Å². The van der Waals surface area contributed by atoms with E-state index in [1.807, 2.05) is 13.8 Å². The van der Waals surface area contributed by atoms with E-state index in [1.165, 1.54) is 0 Å². The molecule has 0 bridgehead atoms. The summed E-state index contributed by atoms with van der Waals surface area (Å²) in [5.41, 5.74) is 1.85. The fourth-order valence-corrected chi connectivity index (χ4v) is 2.42. The minimum atomic E-state index is -0.325. The van der Waals surface area contributed by atoms with Crippen molar-refractivity contribution in [1.82, 2.24) is 5.32 Å². The molecule has 0 unspecified atom stereocenters. The molecule has 142 valence electrons. The topological polar surface area (TPSA) is 79.5 Å². The van der Waals surface area contributed by atoms with Crippen LogP contribution in [0.4, 0.5) is 11.4 Å². The van der Waals surface area contributed by atoms with E-state index in [-0.39, 0.29) is 23.0 Å². The summed E-state index contributed by atoms with van der Waals surface area (Å²) >= 11 is 5.19. The van der Waals surface area contributed by atoms with Crippen molar-refractivity contribution in [2.75, 3.05) is 10.6 Å². The molecule has 0 spiro atoms. The van der Waals surface area contributed by atoms with Crippen LogP contribution in [0.5, 0.6) is 5.75 Å². The molecule has 0 radical (unpaired) electrons. The zero-order valence-corrected chi connectivity index (χ0v) is 16.4. The number of carbonyl (C=O) groups excluding carboxylic acids is 2. The first-order valence-electron chi connectivity index (χ1n) is 8.66. The molecule has 3 N–H and O–H groups in total. The van der Waals surface area contributed by atoms with Crippen LogP contribution >= 0.6 is 12.2 Å². The molecule has 0 aromatic heterocycles. The molecule has 2 amide bonds. The SMILES string of the molecule is CCC(=O)Nc1ccc(NC(=S)NC(=O)c2cccc(OC(C)C)c2)cc1. The van der Waals surface area contributed by atoms with Gasteiger partial charge in [0.25, 0.3) is 5.91 Å². The lowest BCUT2D eigenvalue weighted by molar-refractivity contribution is -0.115. The van der Waals surface area contributed by atoms with Gasteiger partial charge in [-0.25, -0.2) is 0 Å².